The van der Waals surface area contributed by atoms with Crippen molar-refractivity contribution in [3.8, 4) is 0 Å². The first kappa shape index (κ1) is 11.8. The van der Waals surface area contributed by atoms with Crippen LogP contribution >= 0.6 is 0 Å². The summed E-state index contributed by atoms with van der Waals surface area (Å²) in [6.45, 7) is 5.70. The second kappa shape index (κ2) is 5.41. The number of allylic oxidation sites excluding steroid dienone is 3. The Morgan fingerprint density at radius 1 is 1.23 bits per heavy atom. The van der Waals surface area contributed by atoms with Gasteiger partial charge in [-0.1, -0.05) is 12.2 Å². The van der Waals surface area contributed by atoms with Crippen molar-refractivity contribution in [2.45, 2.75) is 20.8 Å². The highest BCUT2D eigenvalue weighted by molar-refractivity contribution is 5.76. The van der Waals surface area contributed by atoms with Crippen LogP contribution in [0.4, 0.5) is 4.79 Å². The van der Waals surface area contributed by atoms with E-state index in [1.54, 1.807) is 30.1 Å². The van der Waals surface area contributed by atoms with E-state index in [2.05, 4.69) is 0 Å². The largest absolute Gasteiger partial charge is 0.330 e. The van der Waals surface area contributed by atoms with E-state index in [-0.39, 0.29) is 6.03 Å². The number of hydrogen-bond acceptors (Lipinski definition) is 1. The minimum Gasteiger partial charge on any atom is -0.330 e. The molecule has 0 heterocycles. The number of nitrogens with zero attached hydrogens (tertiary/aromatic N) is 2. The monoisotopic (exact) mass is 182 g/mol. The van der Waals surface area contributed by atoms with Gasteiger partial charge in [-0.25, -0.2) is 4.79 Å². The summed E-state index contributed by atoms with van der Waals surface area (Å²) in [6, 6.07) is -0.0336. The standard InChI is InChI=1S/C10H18N2O/c1-6-8-12(9(3)7-2)10(13)11(4)5/h6-8H,1-5H3/b8-6+,9-7-. The molecule has 0 aromatic rings. The molecule has 0 N–H and O–H groups in total. The number of carbonyl (C=O) groups excluding carboxylic acids is 1. The molecular weight excluding hydrogens is 164 g/mol. The van der Waals surface area contributed by atoms with E-state index >= 15 is 0 Å². The minimum atomic E-state index is -0.0336. The van der Waals surface area contributed by atoms with Crippen molar-refractivity contribution in [2.24, 2.45) is 0 Å². The van der Waals surface area contributed by atoms with Crippen LogP contribution < -0.4 is 0 Å². The Morgan fingerprint density at radius 2 is 1.77 bits per heavy atom. The van der Waals surface area contributed by atoms with E-state index in [1.165, 1.54) is 0 Å². The van der Waals surface area contributed by atoms with Gasteiger partial charge in [0.25, 0.3) is 0 Å². The summed E-state index contributed by atoms with van der Waals surface area (Å²) in [5.74, 6) is 0. The van der Waals surface area contributed by atoms with E-state index in [9.17, 15) is 4.79 Å². The molecule has 0 bridgehead atoms. The van der Waals surface area contributed by atoms with Crippen LogP contribution in [-0.2, 0) is 0 Å². The van der Waals surface area contributed by atoms with Crippen LogP contribution in [0.2, 0.25) is 0 Å². The lowest BCUT2D eigenvalue weighted by Crippen LogP contribution is -2.34. The Morgan fingerprint density at radius 3 is 2.08 bits per heavy atom. The maximum absolute atomic E-state index is 11.6. The molecule has 2 amide bonds. The van der Waals surface area contributed by atoms with Gasteiger partial charge in [-0.2, -0.15) is 0 Å². The number of carbonyl (C=O) groups is 1. The second-order valence-electron chi connectivity index (χ2n) is 2.96. The normalized spacial score (nSPS) is 11.9. The maximum Gasteiger partial charge on any atom is 0.327 e. The lowest BCUT2D eigenvalue weighted by molar-refractivity contribution is 0.197. The number of hydrogen-bond donors (Lipinski definition) is 0. The van der Waals surface area contributed by atoms with E-state index in [0.29, 0.717) is 0 Å². The molecule has 0 rings (SSSR count). The quantitative estimate of drug-likeness (QED) is 0.643. The van der Waals surface area contributed by atoms with Crippen LogP contribution in [0, 0.1) is 0 Å². The van der Waals surface area contributed by atoms with Crippen LogP contribution in [0.5, 0.6) is 0 Å². The summed E-state index contributed by atoms with van der Waals surface area (Å²) in [6.07, 6.45) is 5.51. The van der Waals surface area contributed by atoms with Gasteiger partial charge < -0.3 is 4.90 Å². The van der Waals surface area contributed by atoms with Crippen molar-refractivity contribution in [1.29, 1.82) is 0 Å². The van der Waals surface area contributed by atoms with Gasteiger partial charge in [-0.15, -0.1) is 0 Å². The fourth-order valence-electron chi connectivity index (χ4n) is 0.836. The topological polar surface area (TPSA) is 23.6 Å². The summed E-state index contributed by atoms with van der Waals surface area (Å²) >= 11 is 0. The van der Waals surface area contributed by atoms with Crippen molar-refractivity contribution in [3.63, 3.8) is 0 Å². The van der Waals surface area contributed by atoms with Gasteiger partial charge in [0.05, 0.1) is 0 Å². The molecule has 74 valence electrons. The van der Waals surface area contributed by atoms with Crippen molar-refractivity contribution in [2.75, 3.05) is 14.1 Å². The first-order valence-electron chi connectivity index (χ1n) is 4.30. The van der Waals surface area contributed by atoms with Crippen LogP contribution in [0.15, 0.2) is 24.0 Å². The third-order valence-corrected chi connectivity index (χ3v) is 1.68. The average molecular weight is 182 g/mol. The van der Waals surface area contributed by atoms with Gasteiger partial charge in [0, 0.05) is 26.0 Å². The molecule has 0 radical (unpaired) electrons. The molecule has 13 heavy (non-hydrogen) atoms. The zero-order valence-corrected chi connectivity index (χ0v) is 9.03. The zero-order chi connectivity index (χ0) is 10.4. The summed E-state index contributed by atoms with van der Waals surface area (Å²) in [4.78, 5) is 14.8. The number of amides is 2. The fourth-order valence-corrected chi connectivity index (χ4v) is 0.836. The van der Waals surface area contributed by atoms with E-state index in [0.717, 1.165) is 5.70 Å². The summed E-state index contributed by atoms with van der Waals surface area (Å²) in [5.41, 5.74) is 0.928. The molecule has 0 saturated carbocycles. The van der Waals surface area contributed by atoms with Crippen molar-refractivity contribution >= 4 is 6.03 Å². The van der Waals surface area contributed by atoms with Crippen LogP contribution in [0.3, 0.4) is 0 Å². The molecule has 0 aliphatic heterocycles. The first-order valence-corrected chi connectivity index (χ1v) is 4.30. The van der Waals surface area contributed by atoms with Crippen molar-refractivity contribution < 1.29 is 4.79 Å². The smallest absolute Gasteiger partial charge is 0.327 e. The predicted molar refractivity (Wildman–Crippen MR) is 55.2 cm³/mol. The number of urea groups is 1. The average Bonchev–Trinajstić information content (AvgIpc) is 2.11. The molecule has 0 atom stereocenters. The Hall–Kier alpha value is -1.25. The summed E-state index contributed by atoms with van der Waals surface area (Å²) in [7, 11) is 3.48. The fraction of sp³-hybridized carbons (Fsp3) is 0.500. The van der Waals surface area contributed by atoms with Gasteiger partial charge in [0.1, 0.15) is 0 Å². The molecule has 0 aromatic heterocycles. The lowest BCUT2D eigenvalue weighted by Gasteiger charge is -2.22. The zero-order valence-electron chi connectivity index (χ0n) is 9.03. The molecule has 0 aliphatic rings. The molecule has 3 nitrogen and oxygen atoms in total. The SMILES string of the molecule is C/C=C(/C)N(/C=C/C)C(=O)N(C)C. The molecule has 0 fully saturated rings. The van der Waals surface area contributed by atoms with E-state index < -0.39 is 0 Å². The third kappa shape index (κ3) is 3.32. The Bertz CT molecular complexity index is 229. The Balaban J connectivity index is 4.71. The molecular formula is C10H18N2O. The van der Waals surface area contributed by atoms with Crippen molar-refractivity contribution in [3.05, 3.63) is 24.0 Å². The molecule has 0 saturated heterocycles. The third-order valence-electron chi connectivity index (χ3n) is 1.68. The molecule has 0 aromatic carbocycles. The maximum atomic E-state index is 11.6. The highest BCUT2D eigenvalue weighted by Gasteiger charge is 2.12. The summed E-state index contributed by atoms with van der Waals surface area (Å²) in [5, 5.41) is 0. The highest BCUT2D eigenvalue weighted by Crippen LogP contribution is 2.06. The van der Waals surface area contributed by atoms with Crippen LogP contribution in [0.1, 0.15) is 20.8 Å². The second-order valence-corrected chi connectivity index (χ2v) is 2.96. The van der Waals surface area contributed by atoms with E-state index in [4.69, 9.17) is 0 Å². The van der Waals surface area contributed by atoms with Gasteiger partial charge in [-0.05, 0) is 20.8 Å². The Labute approximate surface area is 80.3 Å². The predicted octanol–water partition coefficient (Wildman–Crippen LogP) is 2.43. The summed E-state index contributed by atoms with van der Waals surface area (Å²) < 4.78 is 0. The molecule has 0 unspecified atom stereocenters. The molecule has 0 aliphatic carbocycles. The van der Waals surface area contributed by atoms with Crippen LogP contribution in [0.25, 0.3) is 0 Å². The Kier molecular flexibility index (Phi) is 4.89. The van der Waals surface area contributed by atoms with Gasteiger partial charge >= 0.3 is 6.03 Å². The van der Waals surface area contributed by atoms with Gasteiger partial charge in [0.15, 0.2) is 0 Å². The van der Waals surface area contributed by atoms with E-state index in [1.807, 2.05) is 32.9 Å². The highest BCUT2D eigenvalue weighted by atomic mass is 16.2. The molecule has 3 heteroatoms. The minimum absolute atomic E-state index is 0.0336. The van der Waals surface area contributed by atoms with Gasteiger partial charge in [-0.3, -0.25) is 4.90 Å². The number of rotatable bonds is 2. The van der Waals surface area contributed by atoms with Crippen LogP contribution in [-0.4, -0.2) is 29.9 Å². The first-order chi connectivity index (χ1) is 6.04. The molecule has 0 spiro atoms. The lowest BCUT2D eigenvalue weighted by atomic mass is 10.4. The van der Waals surface area contributed by atoms with Crippen molar-refractivity contribution in [1.82, 2.24) is 9.80 Å². The van der Waals surface area contributed by atoms with Gasteiger partial charge in [0.2, 0.25) is 0 Å².